The maximum Gasteiger partial charge on any atom is 0.258 e. The zero-order valence-corrected chi connectivity index (χ0v) is 12.1. The lowest BCUT2D eigenvalue weighted by atomic mass is 9.89. The topological polar surface area (TPSA) is 58.6 Å². The molecule has 1 aromatic rings. The van der Waals surface area contributed by atoms with Crippen LogP contribution in [0.5, 0.6) is 5.75 Å². The van der Waals surface area contributed by atoms with Crippen molar-refractivity contribution in [3.63, 3.8) is 0 Å². The van der Waals surface area contributed by atoms with Crippen LogP contribution in [0.4, 0.5) is 0 Å². The van der Waals surface area contributed by atoms with E-state index in [0.717, 1.165) is 0 Å². The monoisotopic (exact) mass is 323 g/mol. The van der Waals surface area contributed by atoms with Gasteiger partial charge < -0.3 is 15.2 Å². The highest BCUT2D eigenvalue weighted by Crippen LogP contribution is 2.33. The Kier molecular flexibility index (Phi) is 4.79. The first-order chi connectivity index (χ1) is 8.95. The van der Waals surface area contributed by atoms with E-state index in [1.807, 2.05) is 0 Å². The molecule has 4 nitrogen and oxygen atoms in total. The molecule has 19 heavy (non-hydrogen) atoms. The molecule has 0 saturated heterocycles. The number of carbonyl (C=O) groups excluding carboxylic acids is 1. The van der Waals surface area contributed by atoms with Crippen LogP contribution in [-0.4, -0.2) is 29.8 Å². The number of benzene rings is 1. The lowest BCUT2D eigenvalue weighted by Crippen LogP contribution is -2.48. The van der Waals surface area contributed by atoms with E-state index in [9.17, 15) is 4.79 Å². The lowest BCUT2D eigenvalue weighted by molar-refractivity contribution is -0.125. The predicted octanol–water partition coefficient (Wildman–Crippen LogP) is 2.67. The van der Waals surface area contributed by atoms with Gasteiger partial charge in [-0.15, -0.1) is 0 Å². The van der Waals surface area contributed by atoms with E-state index in [0.29, 0.717) is 33.7 Å². The van der Waals surface area contributed by atoms with Crippen LogP contribution in [-0.2, 0) is 4.79 Å². The molecule has 1 amide bonds. The van der Waals surface area contributed by atoms with E-state index in [1.54, 1.807) is 0 Å². The van der Waals surface area contributed by atoms with Gasteiger partial charge in [0.05, 0.1) is 21.2 Å². The summed E-state index contributed by atoms with van der Waals surface area (Å²) in [4.78, 5) is 11.6. The van der Waals surface area contributed by atoms with Crippen molar-refractivity contribution in [3.05, 3.63) is 27.2 Å². The fraction of sp³-hybridized carbons (Fsp3) is 0.417. The van der Waals surface area contributed by atoms with Crippen LogP contribution in [0.3, 0.4) is 0 Å². The number of aliphatic hydroxyl groups is 1. The molecule has 0 unspecified atom stereocenters. The molecule has 1 aromatic carbocycles. The summed E-state index contributed by atoms with van der Waals surface area (Å²) in [5.74, 6) is 0.0406. The van der Waals surface area contributed by atoms with Crippen molar-refractivity contribution in [2.24, 2.45) is 0 Å². The normalized spacial score (nSPS) is 21.7. The van der Waals surface area contributed by atoms with E-state index >= 15 is 0 Å². The summed E-state index contributed by atoms with van der Waals surface area (Å²) in [5, 5.41) is 12.8. The molecule has 1 aliphatic rings. The van der Waals surface area contributed by atoms with Crippen molar-refractivity contribution < 1.29 is 14.6 Å². The van der Waals surface area contributed by atoms with Crippen molar-refractivity contribution in [1.29, 1.82) is 0 Å². The Bertz CT molecular complexity index is 489. The van der Waals surface area contributed by atoms with Gasteiger partial charge in [-0.05, 0) is 18.9 Å². The van der Waals surface area contributed by atoms with Crippen molar-refractivity contribution in [3.8, 4) is 5.75 Å². The average Bonchev–Trinajstić information content (AvgIpc) is 2.30. The number of carbonyl (C=O) groups is 1. The highest BCUT2D eigenvalue weighted by atomic mass is 35.5. The minimum atomic E-state index is -0.310. The van der Waals surface area contributed by atoms with Gasteiger partial charge in [-0.3, -0.25) is 4.79 Å². The molecule has 104 valence electrons. The quantitative estimate of drug-likeness (QED) is 0.837. The number of amides is 1. The van der Waals surface area contributed by atoms with Crippen molar-refractivity contribution in [1.82, 2.24) is 5.32 Å². The molecule has 7 heteroatoms. The van der Waals surface area contributed by atoms with Crippen molar-refractivity contribution in [2.75, 3.05) is 6.61 Å². The Balaban J connectivity index is 1.85. The van der Waals surface area contributed by atoms with Crippen LogP contribution in [0.15, 0.2) is 12.1 Å². The maximum atomic E-state index is 11.6. The molecule has 0 aromatic heterocycles. The Morgan fingerprint density at radius 1 is 1.26 bits per heavy atom. The Morgan fingerprint density at radius 3 is 2.53 bits per heavy atom. The van der Waals surface area contributed by atoms with Crippen LogP contribution in [0.25, 0.3) is 0 Å². The van der Waals surface area contributed by atoms with Gasteiger partial charge >= 0.3 is 0 Å². The van der Waals surface area contributed by atoms with Crippen LogP contribution < -0.4 is 10.1 Å². The van der Waals surface area contributed by atoms with Gasteiger partial charge in [-0.2, -0.15) is 0 Å². The van der Waals surface area contributed by atoms with Gasteiger partial charge in [0.25, 0.3) is 5.91 Å². The zero-order chi connectivity index (χ0) is 14.0. The molecule has 2 N–H and O–H groups in total. The Hall–Kier alpha value is -0.680. The Labute approximate surface area is 125 Å². The standard InChI is InChI=1S/C12H12Cl3NO3/c13-8-3-10(15)11(4-9(8)14)19-5-12(18)16-6-1-7(17)2-6/h3-4,6-7,17H,1-2,5H2,(H,16,18). The zero-order valence-electron chi connectivity index (χ0n) is 9.83. The Morgan fingerprint density at radius 2 is 1.89 bits per heavy atom. The summed E-state index contributed by atoms with van der Waals surface area (Å²) in [6, 6.07) is 2.95. The molecule has 0 atom stereocenters. The number of nitrogens with one attached hydrogen (secondary N) is 1. The second-order valence-corrected chi connectivity index (χ2v) is 5.60. The first-order valence-corrected chi connectivity index (χ1v) is 6.84. The highest BCUT2D eigenvalue weighted by molar-refractivity contribution is 6.43. The third kappa shape index (κ3) is 3.89. The molecule has 0 radical (unpaired) electrons. The summed E-state index contributed by atoms with van der Waals surface area (Å²) < 4.78 is 5.28. The fourth-order valence-electron chi connectivity index (χ4n) is 1.73. The molecule has 1 aliphatic carbocycles. The number of hydrogen-bond donors (Lipinski definition) is 2. The van der Waals surface area contributed by atoms with Crippen LogP contribution in [0.1, 0.15) is 12.8 Å². The first-order valence-electron chi connectivity index (χ1n) is 5.70. The molecule has 0 bridgehead atoms. The summed E-state index contributed by atoms with van der Waals surface area (Å²) in [5.41, 5.74) is 0. The third-order valence-electron chi connectivity index (χ3n) is 2.81. The number of aliphatic hydroxyl groups excluding tert-OH is 1. The van der Waals surface area contributed by atoms with Crippen LogP contribution in [0, 0.1) is 0 Å². The van der Waals surface area contributed by atoms with Crippen LogP contribution in [0.2, 0.25) is 15.1 Å². The number of ether oxygens (including phenoxy) is 1. The molecular formula is C12H12Cl3NO3. The van der Waals surface area contributed by atoms with Gasteiger partial charge in [0.2, 0.25) is 0 Å². The van der Waals surface area contributed by atoms with E-state index in [4.69, 9.17) is 44.6 Å². The minimum Gasteiger partial charge on any atom is -0.482 e. The van der Waals surface area contributed by atoms with E-state index in [2.05, 4.69) is 5.32 Å². The highest BCUT2D eigenvalue weighted by Gasteiger charge is 2.28. The van der Waals surface area contributed by atoms with Gasteiger partial charge in [0.15, 0.2) is 6.61 Å². The van der Waals surface area contributed by atoms with Gasteiger partial charge in [0, 0.05) is 12.1 Å². The number of halogens is 3. The van der Waals surface area contributed by atoms with Gasteiger partial charge in [0.1, 0.15) is 5.75 Å². The molecule has 2 rings (SSSR count). The van der Waals surface area contributed by atoms with Gasteiger partial charge in [-0.1, -0.05) is 34.8 Å². The van der Waals surface area contributed by atoms with Crippen LogP contribution >= 0.6 is 34.8 Å². The van der Waals surface area contributed by atoms with Crippen molar-refractivity contribution >= 4 is 40.7 Å². The molecule has 1 saturated carbocycles. The van der Waals surface area contributed by atoms with Crippen molar-refractivity contribution in [2.45, 2.75) is 25.0 Å². The molecule has 0 spiro atoms. The molecule has 1 fully saturated rings. The average molecular weight is 325 g/mol. The molecule has 0 heterocycles. The number of hydrogen-bond acceptors (Lipinski definition) is 3. The largest absolute Gasteiger partial charge is 0.482 e. The third-order valence-corrected chi connectivity index (χ3v) is 3.83. The summed E-state index contributed by atoms with van der Waals surface area (Å²) in [6.45, 7) is -0.162. The fourth-order valence-corrected chi connectivity index (χ4v) is 2.32. The number of rotatable bonds is 4. The minimum absolute atomic E-state index is 0.0235. The summed E-state index contributed by atoms with van der Waals surface area (Å²) in [7, 11) is 0. The first kappa shape index (κ1) is 14.7. The predicted molar refractivity (Wildman–Crippen MR) is 74.1 cm³/mol. The summed E-state index contributed by atoms with van der Waals surface area (Å²) in [6.07, 6.45) is 0.856. The van der Waals surface area contributed by atoms with E-state index in [-0.39, 0.29) is 24.7 Å². The van der Waals surface area contributed by atoms with E-state index < -0.39 is 0 Å². The van der Waals surface area contributed by atoms with E-state index in [1.165, 1.54) is 12.1 Å². The lowest BCUT2D eigenvalue weighted by Gasteiger charge is -2.31. The maximum absolute atomic E-state index is 11.6. The smallest absolute Gasteiger partial charge is 0.258 e. The summed E-state index contributed by atoms with van der Waals surface area (Å²) >= 11 is 17.5. The SMILES string of the molecule is O=C(COc1cc(Cl)c(Cl)cc1Cl)NC1CC(O)C1. The molecule has 0 aliphatic heterocycles. The van der Waals surface area contributed by atoms with Gasteiger partial charge in [-0.25, -0.2) is 0 Å². The second-order valence-electron chi connectivity index (χ2n) is 4.38. The molecular weight excluding hydrogens is 312 g/mol. The second kappa shape index (κ2) is 6.18.